The maximum Gasteiger partial charge on any atom is 0.314 e. The number of hydrogen-bond donors (Lipinski definition) is 0. The first kappa shape index (κ1) is 12.7. The van der Waals surface area contributed by atoms with Gasteiger partial charge in [0.15, 0.2) is 0 Å². The molecule has 0 radical (unpaired) electrons. The van der Waals surface area contributed by atoms with E-state index in [1.54, 1.807) is 6.20 Å². The van der Waals surface area contributed by atoms with E-state index >= 15 is 0 Å². The normalized spacial score (nSPS) is 12.1. The zero-order valence-corrected chi connectivity index (χ0v) is 11.1. The number of thiazole rings is 1. The lowest BCUT2D eigenvalue weighted by Crippen LogP contribution is -2.13. The molecule has 0 saturated carbocycles. The largest absolute Gasteiger partial charge is 0.469 e. The van der Waals surface area contributed by atoms with Gasteiger partial charge in [0.05, 0.1) is 24.4 Å². The van der Waals surface area contributed by atoms with E-state index < -0.39 is 0 Å². The summed E-state index contributed by atoms with van der Waals surface area (Å²) in [4.78, 5) is 20.3. The van der Waals surface area contributed by atoms with E-state index in [2.05, 4.69) is 9.97 Å². The fourth-order valence-electron chi connectivity index (χ4n) is 1.69. The molecular formula is C13H14N2O2S. The van der Waals surface area contributed by atoms with Crippen molar-refractivity contribution in [2.45, 2.75) is 19.3 Å². The Labute approximate surface area is 110 Å². The summed E-state index contributed by atoms with van der Waals surface area (Å²) in [7, 11) is 1.40. The molecule has 94 valence electrons. The molecule has 2 aromatic rings. The van der Waals surface area contributed by atoms with Crippen molar-refractivity contribution in [2.75, 3.05) is 7.11 Å². The predicted octanol–water partition coefficient (Wildman–Crippen LogP) is 2.87. The van der Waals surface area contributed by atoms with Gasteiger partial charge in [0.25, 0.3) is 0 Å². The Kier molecular flexibility index (Phi) is 4.04. The third-order valence-electron chi connectivity index (χ3n) is 2.66. The van der Waals surface area contributed by atoms with Crippen molar-refractivity contribution in [3.8, 4) is 10.7 Å². The second kappa shape index (κ2) is 5.73. The molecule has 0 saturated heterocycles. The number of pyridine rings is 1. The SMILES string of the molecule is CCC(C(=O)OC)c1csc(-c2ccccn2)n1. The number of carbonyl (C=O) groups is 1. The summed E-state index contributed by atoms with van der Waals surface area (Å²) < 4.78 is 4.78. The van der Waals surface area contributed by atoms with Crippen molar-refractivity contribution in [1.82, 2.24) is 9.97 Å². The van der Waals surface area contributed by atoms with Gasteiger partial charge in [0.1, 0.15) is 5.01 Å². The van der Waals surface area contributed by atoms with Crippen LogP contribution in [0.1, 0.15) is 25.0 Å². The molecule has 2 rings (SSSR count). The Morgan fingerprint density at radius 3 is 2.94 bits per heavy atom. The van der Waals surface area contributed by atoms with Gasteiger partial charge in [-0.25, -0.2) is 4.98 Å². The molecule has 0 aliphatic heterocycles. The second-order valence-electron chi connectivity index (χ2n) is 3.78. The molecule has 1 atom stereocenters. The maximum atomic E-state index is 11.6. The van der Waals surface area contributed by atoms with Crippen LogP contribution in [-0.2, 0) is 9.53 Å². The van der Waals surface area contributed by atoms with E-state index in [1.807, 2.05) is 30.5 Å². The van der Waals surface area contributed by atoms with Gasteiger partial charge < -0.3 is 4.74 Å². The summed E-state index contributed by atoms with van der Waals surface area (Å²) in [6.45, 7) is 1.95. The highest BCUT2D eigenvalue weighted by Gasteiger charge is 2.22. The molecule has 0 fully saturated rings. The van der Waals surface area contributed by atoms with Crippen LogP contribution in [-0.4, -0.2) is 23.0 Å². The average Bonchev–Trinajstić information content (AvgIpc) is 2.90. The molecule has 2 heterocycles. The van der Waals surface area contributed by atoms with Crippen molar-refractivity contribution in [2.24, 2.45) is 0 Å². The molecule has 1 unspecified atom stereocenters. The highest BCUT2D eigenvalue weighted by molar-refractivity contribution is 7.13. The third-order valence-corrected chi connectivity index (χ3v) is 3.54. The molecule has 0 N–H and O–H groups in total. The Hall–Kier alpha value is -1.75. The van der Waals surface area contributed by atoms with E-state index in [0.29, 0.717) is 6.42 Å². The second-order valence-corrected chi connectivity index (χ2v) is 4.63. The Morgan fingerprint density at radius 2 is 2.33 bits per heavy atom. The van der Waals surface area contributed by atoms with Gasteiger partial charge in [0, 0.05) is 11.6 Å². The van der Waals surface area contributed by atoms with Crippen LogP contribution >= 0.6 is 11.3 Å². The van der Waals surface area contributed by atoms with Gasteiger partial charge >= 0.3 is 5.97 Å². The number of esters is 1. The summed E-state index contributed by atoms with van der Waals surface area (Å²) in [5.41, 5.74) is 1.59. The minimum absolute atomic E-state index is 0.240. The molecule has 0 aromatic carbocycles. The first-order valence-electron chi connectivity index (χ1n) is 5.71. The molecule has 2 aromatic heterocycles. The van der Waals surface area contributed by atoms with Gasteiger partial charge in [-0.05, 0) is 18.6 Å². The van der Waals surface area contributed by atoms with Crippen molar-refractivity contribution in [1.29, 1.82) is 0 Å². The van der Waals surface area contributed by atoms with Gasteiger partial charge in [-0.1, -0.05) is 13.0 Å². The number of ether oxygens (including phenoxy) is 1. The molecule has 0 amide bonds. The van der Waals surface area contributed by atoms with Crippen molar-refractivity contribution < 1.29 is 9.53 Å². The molecule has 5 heteroatoms. The highest BCUT2D eigenvalue weighted by atomic mass is 32.1. The molecule has 0 aliphatic carbocycles. The lowest BCUT2D eigenvalue weighted by molar-refractivity contribution is -0.142. The number of methoxy groups -OCH3 is 1. The topological polar surface area (TPSA) is 52.1 Å². The third kappa shape index (κ3) is 2.56. The van der Waals surface area contributed by atoms with Crippen LogP contribution in [0, 0.1) is 0 Å². The monoisotopic (exact) mass is 262 g/mol. The minimum atomic E-state index is -0.288. The number of nitrogens with zero attached hydrogens (tertiary/aromatic N) is 2. The van der Waals surface area contributed by atoms with E-state index in [0.717, 1.165) is 16.4 Å². The zero-order chi connectivity index (χ0) is 13.0. The standard InChI is InChI=1S/C13H14N2O2S/c1-3-9(13(16)17-2)11-8-18-12(15-11)10-6-4-5-7-14-10/h4-9H,3H2,1-2H3. The van der Waals surface area contributed by atoms with Crippen LogP contribution in [0.4, 0.5) is 0 Å². The number of carbonyl (C=O) groups excluding carboxylic acids is 1. The average molecular weight is 262 g/mol. The van der Waals surface area contributed by atoms with E-state index in [1.165, 1.54) is 18.4 Å². The lowest BCUT2D eigenvalue weighted by atomic mass is 10.0. The summed E-state index contributed by atoms with van der Waals surface area (Å²) in [5.74, 6) is -0.529. The van der Waals surface area contributed by atoms with E-state index in [-0.39, 0.29) is 11.9 Å². The van der Waals surface area contributed by atoms with Gasteiger partial charge in [-0.3, -0.25) is 9.78 Å². The van der Waals surface area contributed by atoms with Crippen LogP contribution in [0.15, 0.2) is 29.8 Å². The smallest absolute Gasteiger partial charge is 0.314 e. The summed E-state index contributed by atoms with van der Waals surface area (Å²) in [6, 6.07) is 5.68. The number of hydrogen-bond acceptors (Lipinski definition) is 5. The quantitative estimate of drug-likeness (QED) is 0.795. The van der Waals surface area contributed by atoms with E-state index in [4.69, 9.17) is 4.74 Å². The van der Waals surface area contributed by atoms with Crippen molar-refractivity contribution in [3.63, 3.8) is 0 Å². The van der Waals surface area contributed by atoms with Gasteiger partial charge in [0.2, 0.25) is 0 Å². The van der Waals surface area contributed by atoms with Crippen LogP contribution in [0.5, 0.6) is 0 Å². The zero-order valence-electron chi connectivity index (χ0n) is 10.3. The summed E-state index contributed by atoms with van der Waals surface area (Å²) >= 11 is 1.49. The van der Waals surface area contributed by atoms with Gasteiger partial charge in [-0.15, -0.1) is 11.3 Å². The number of aromatic nitrogens is 2. The van der Waals surface area contributed by atoms with Crippen molar-refractivity contribution >= 4 is 17.3 Å². The van der Waals surface area contributed by atoms with Crippen LogP contribution < -0.4 is 0 Å². The molecule has 0 aliphatic rings. The van der Waals surface area contributed by atoms with E-state index in [9.17, 15) is 4.79 Å². The first-order chi connectivity index (χ1) is 8.76. The van der Waals surface area contributed by atoms with Crippen LogP contribution in [0.2, 0.25) is 0 Å². The molecule has 4 nitrogen and oxygen atoms in total. The minimum Gasteiger partial charge on any atom is -0.469 e. The lowest BCUT2D eigenvalue weighted by Gasteiger charge is -2.08. The molecule has 0 spiro atoms. The van der Waals surface area contributed by atoms with Crippen LogP contribution in [0.25, 0.3) is 10.7 Å². The predicted molar refractivity (Wildman–Crippen MR) is 70.4 cm³/mol. The van der Waals surface area contributed by atoms with Crippen LogP contribution in [0.3, 0.4) is 0 Å². The fraction of sp³-hybridized carbons (Fsp3) is 0.308. The maximum absolute atomic E-state index is 11.6. The molecular weight excluding hydrogens is 248 g/mol. The van der Waals surface area contributed by atoms with Gasteiger partial charge in [-0.2, -0.15) is 0 Å². The fourth-order valence-corrected chi connectivity index (χ4v) is 2.54. The highest BCUT2D eigenvalue weighted by Crippen LogP contribution is 2.27. The first-order valence-corrected chi connectivity index (χ1v) is 6.59. The Morgan fingerprint density at radius 1 is 1.50 bits per heavy atom. The number of rotatable bonds is 4. The Bertz CT molecular complexity index is 525. The summed E-state index contributed by atoms with van der Waals surface area (Å²) in [5, 5.41) is 2.72. The summed E-state index contributed by atoms with van der Waals surface area (Å²) in [6.07, 6.45) is 2.41. The molecule has 0 bridgehead atoms. The Balaban J connectivity index is 2.27. The van der Waals surface area contributed by atoms with Crippen molar-refractivity contribution in [3.05, 3.63) is 35.5 Å². The molecule has 18 heavy (non-hydrogen) atoms.